The van der Waals surface area contributed by atoms with E-state index in [9.17, 15) is 4.79 Å². The summed E-state index contributed by atoms with van der Waals surface area (Å²) in [5.74, 6) is 0.562. The number of carbonyl (C=O) groups is 1. The summed E-state index contributed by atoms with van der Waals surface area (Å²) in [4.78, 5) is 20.2. The van der Waals surface area contributed by atoms with Crippen molar-refractivity contribution >= 4 is 44.6 Å². The maximum absolute atomic E-state index is 11.5. The lowest BCUT2D eigenvalue weighted by atomic mass is 9.92. The Labute approximate surface area is 124 Å². The van der Waals surface area contributed by atoms with Crippen molar-refractivity contribution in [3.63, 3.8) is 0 Å². The Balaban J connectivity index is 2.55. The summed E-state index contributed by atoms with van der Waals surface area (Å²) in [6.07, 6.45) is 1.69. The van der Waals surface area contributed by atoms with E-state index in [0.717, 1.165) is 9.99 Å². The number of halogens is 2. The summed E-state index contributed by atoms with van der Waals surface area (Å²) in [5.41, 5.74) is 6.16. The second-order valence-corrected chi connectivity index (χ2v) is 6.18. The van der Waals surface area contributed by atoms with Crippen LogP contribution in [0, 0.1) is 5.41 Å². The molecule has 0 atom stereocenters. The van der Waals surface area contributed by atoms with Crippen LogP contribution < -0.4 is 5.73 Å². The van der Waals surface area contributed by atoms with Gasteiger partial charge in [-0.25, -0.2) is 9.97 Å². The van der Waals surface area contributed by atoms with Gasteiger partial charge in [0.25, 0.3) is 0 Å². The lowest BCUT2D eigenvalue weighted by Crippen LogP contribution is -2.35. The van der Waals surface area contributed by atoms with Gasteiger partial charge in [0, 0.05) is 17.2 Å². The largest absolute Gasteiger partial charge is 0.369 e. The molecular formula is C12H14BrClN4O. The van der Waals surface area contributed by atoms with Gasteiger partial charge in [0.2, 0.25) is 5.91 Å². The van der Waals surface area contributed by atoms with Crippen molar-refractivity contribution in [1.29, 1.82) is 0 Å². The fraction of sp³-hybridized carbons (Fsp3) is 0.417. The number of hydrogen-bond donors (Lipinski definition) is 1. The van der Waals surface area contributed by atoms with Gasteiger partial charge in [0.05, 0.1) is 11.3 Å². The highest BCUT2D eigenvalue weighted by atomic mass is 79.9. The fourth-order valence-electron chi connectivity index (χ4n) is 1.77. The van der Waals surface area contributed by atoms with Gasteiger partial charge < -0.3 is 10.3 Å². The summed E-state index contributed by atoms with van der Waals surface area (Å²) in [6.45, 7) is 3.98. The predicted molar refractivity (Wildman–Crippen MR) is 77.8 cm³/mol. The Morgan fingerprint density at radius 3 is 2.84 bits per heavy atom. The quantitative estimate of drug-likeness (QED) is 0.865. The van der Waals surface area contributed by atoms with Crippen LogP contribution in [-0.4, -0.2) is 20.4 Å². The van der Waals surface area contributed by atoms with E-state index in [1.54, 1.807) is 20.0 Å². The van der Waals surface area contributed by atoms with Crippen LogP contribution in [0.15, 0.2) is 16.7 Å². The molecule has 0 aliphatic heterocycles. The number of nitrogens with two attached hydrogens (primary N) is 1. The number of hydrogen-bond acceptors (Lipinski definition) is 3. The lowest BCUT2D eigenvalue weighted by Gasteiger charge is -2.22. The highest BCUT2D eigenvalue weighted by molar-refractivity contribution is 9.10. The lowest BCUT2D eigenvalue weighted by molar-refractivity contribution is -0.126. The minimum absolute atomic E-state index is 0.253. The molecule has 5 nitrogen and oxygen atoms in total. The number of nitrogens with zero attached hydrogens (tertiary/aromatic N) is 3. The molecule has 0 aromatic carbocycles. The van der Waals surface area contributed by atoms with Crippen LogP contribution in [0.5, 0.6) is 0 Å². The first kappa shape index (κ1) is 14.3. The number of carbonyl (C=O) groups excluding carboxylic acids is 1. The van der Waals surface area contributed by atoms with Crippen molar-refractivity contribution in [2.75, 3.05) is 0 Å². The molecule has 0 aliphatic carbocycles. The van der Waals surface area contributed by atoms with Crippen molar-refractivity contribution in [1.82, 2.24) is 14.5 Å². The van der Waals surface area contributed by atoms with Gasteiger partial charge in [-0.2, -0.15) is 0 Å². The maximum atomic E-state index is 11.5. The summed E-state index contributed by atoms with van der Waals surface area (Å²) in [5, 5.41) is 0. The Hall–Kier alpha value is -1.14. The van der Waals surface area contributed by atoms with E-state index in [-0.39, 0.29) is 11.8 Å². The molecule has 0 spiro atoms. The molecule has 0 saturated heterocycles. The summed E-state index contributed by atoms with van der Waals surface area (Å²) in [7, 11) is 0. The maximum Gasteiger partial charge on any atom is 0.224 e. The van der Waals surface area contributed by atoms with Gasteiger partial charge in [0.1, 0.15) is 11.3 Å². The zero-order valence-corrected chi connectivity index (χ0v) is 13.0. The molecule has 102 valence electrons. The predicted octanol–water partition coefficient (Wildman–Crippen LogP) is 2.44. The third-order valence-corrected chi connectivity index (χ3v) is 3.64. The standard InChI is InChI=1S/C12H14BrClN4O/c1-12(2,11(15)19)6-18-9(4-14)17-8-3-7(13)5-16-10(8)18/h3,5H,4,6H2,1-2H3,(H2,15,19). The molecule has 19 heavy (non-hydrogen) atoms. The molecule has 0 bridgehead atoms. The van der Waals surface area contributed by atoms with E-state index in [1.165, 1.54) is 0 Å². The average Bonchev–Trinajstić information content (AvgIpc) is 2.65. The first-order valence-corrected chi connectivity index (χ1v) is 7.04. The summed E-state index contributed by atoms with van der Waals surface area (Å²) in [6, 6.07) is 1.87. The van der Waals surface area contributed by atoms with Crippen molar-refractivity contribution in [2.24, 2.45) is 11.1 Å². The van der Waals surface area contributed by atoms with Gasteiger partial charge in [-0.3, -0.25) is 4.79 Å². The monoisotopic (exact) mass is 344 g/mol. The van der Waals surface area contributed by atoms with E-state index < -0.39 is 5.41 Å². The molecule has 0 fully saturated rings. The topological polar surface area (TPSA) is 73.8 Å². The number of primary amides is 1. The molecular weight excluding hydrogens is 332 g/mol. The second-order valence-electron chi connectivity index (χ2n) is 4.99. The van der Waals surface area contributed by atoms with E-state index >= 15 is 0 Å². The van der Waals surface area contributed by atoms with Gasteiger partial charge in [-0.05, 0) is 35.8 Å². The molecule has 2 aromatic rings. The average molecular weight is 346 g/mol. The molecule has 2 N–H and O–H groups in total. The number of rotatable bonds is 4. The number of imidazole rings is 1. The Morgan fingerprint density at radius 2 is 2.26 bits per heavy atom. The van der Waals surface area contributed by atoms with Gasteiger partial charge >= 0.3 is 0 Å². The SMILES string of the molecule is CC(C)(Cn1c(CCl)nc2cc(Br)cnc21)C(N)=O. The van der Waals surface area contributed by atoms with Crippen molar-refractivity contribution in [3.05, 3.63) is 22.6 Å². The Kier molecular flexibility index (Phi) is 3.82. The Morgan fingerprint density at radius 1 is 1.58 bits per heavy atom. The molecule has 2 rings (SSSR count). The molecule has 7 heteroatoms. The first-order valence-electron chi connectivity index (χ1n) is 5.71. The first-order chi connectivity index (χ1) is 8.85. The molecule has 1 amide bonds. The highest BCUT2D eigenvalue weighted by Gasteiger charge is 2.27. The van der Waals surface area contributed by atoms with Crippen molar-refractivity contribution < 1.29 is 4.79 Å². The van der Waals surface area contributed by atoms with Crippen LogP contribution >= 0.6 is 27.5 Å². The number of alkyl halides is 1. The second kappa shape index (κ2) is 5.09. The van der Waals surface area contributed by atoms with E-state index in [0.29, 0.717) is 18.0 Å². The van der Waals surface area contributed by atoms with Crippen LogP contribution in [0.25, 0.3) is 11.2 Å². The van der Waals surface area contributed by atoms with Gasteiger partial charge in [-0.15, -0.1) is 11.6 Å². The van der Waals surface area contributed by atoms with E-state index in [1.807, 2.05) is 10.6 Å². The zero-order valence-electron chi connectivity index (χ0n) is 10.7. The molecule has 0 saturated carbocycles. The number of fused-ring (bicyclic) bond motifs is 1. The van der Waals surface area contributed by atoms with Crippen LogP contribution in [0.2, 0.25) is 0 Å². The number of aromatic nitrogens is 3. The van der Waals surface area contributed by atoms with Crippen molar-refractivity contribution in [3.8, 4) is 0 Å². The van der Waals surface area contributed by atoms with Crippen LogP contribution in [0.4, 0.5) is 0 Å². The zero-order chi connectivity index (χ0) is 14.2. The van der Waals surface area contributed by atoms with E-state index in [2.05, 4.69) is 25.9 Å². The molecule has 0 unspecified atom stereocenters. The normalized spacial score (nSPS) is 12.0. The number of pyridine rings is 1. The van der Waals surface area contributed by atoms with Crippen LogP contribution in [0.3, 0.4) is 0 Å². The molecule has 0 radical (unpaired) electrons. The fourth-order valence-corrected chi connectivity index (χ4v) is 2.30. The van der Waals surface area contributed by atoms with Crippen LogP contribution in [-0.2, 0) is 17.2 Å². The Bertz CT molecular complexity index is 638. The molecule has 2 aromatic heterocycles. The third kappa shape index (κ3) is 2.74. The summed E-state index contributed by atoms with van der Waals surface area (Å²) >= 11 is 9.27. The minimum atomic E-state index is -0.691. The molecule has 0 aliphatic rings. The summed E-state index contributed by atoms with van der Waals surface area (Å²) < 4.78 is 2.69. The highest BCUT2D eigenvalue weighted by Crippen LogP contribution is 2.24. The van der Waals surface area contributed by atoms with Gasteiger partial charge in [-0.1, -0.05) is 0 Å². The van der Waals surface area contributed by atoms with Gasteiger partial charge in [0.15, 0.2) is 5.65 Å². The number of amides is 1. The van der Waals surface area contributed by atoms with Crippen LogP contribution in [0.1, 0.15) is 19.7 Å². The van der Waals surface area contributed by atoms with E-state index in [4.69, 9.17) is 17.3 Å². The minimum Gasteiger partial charge on any atom is -0.369 e. The smallest absolute Gasteiger partial charge is 0.224 e. The molecule has 2 heterocycles. The van der Waals surface area contributed by atoms with Crippen molar-refractivity contribution in [2.45, 2.75) is 26.3 Å². The third-order valence-electron chi connectivity index (χ3n) is 2.97.